The molecule has 0 aliphatic heterocycles. The highest BCUT2D eigenvalue weighted by atomic mass is 32.2. The van der Waals surface area contributed by atoms with Gasteiger partial charge in [0, 0.05) is 6.26 Å². The van der Waals surface area contributed by atoms with E-state index in [0.29, 0.717) is 6.41 Å². The van der Waals surface area contributed by atoms with Crippen LogP contribution in [0, 0.1) is 5.82 Å². The van der Waals surface area contributed by atoms with Crippen molar-refractivity contribution in [2.45, 2.75) is 4.90 Å². The Labute approximate surface area is 80.7 Å². The van der Waals surface area contributed by atoms with Crippen LogP contribution in [0.25, 0.3) is 0 Å². The van der Waals surface area contributed by atoms with Gasteiger partial charge < -0.3 is 5.32 Å². The molecule has 0 spiro atoms. The first-order chi connectivity index (χ1) is 6.45. The fraction of sp³-hybridized carbons (Fsp3) is 0.125. The Kier molecular flexibility index (Phi) is 2.85. The maximum Gasteiger partial charge on any atom is 0.211 e. The van der Waals surface area contributed by atoms with Crippen LogP contribution < -0.4 is 5.32 Å². The Hall–Kier alpha value is -1.43. The monoisotopic (exact) mass is 217 g/mol. The number of carbonyl (C=O) groups is 1. The van der Waals surface area contributed by atoms with E-state index in [-0.39, 0.29) is 10.6 Å². The first kappa shape index (κ1) is 10.6. The number of hydrogen-bond acceptors (Lipinski definition) is 3. The van der Waals surface area contributed by atoms with Crippen molar-refractivity contribution in [3.8, 4) is 0 Å². The summed E-state index contributed by atoms with van der Waals surface area (Å²) in [5.41, 5.74) is -0.0532. The molecule has 0 aliphatic carbocycles. The Morgan fingerprint density at radius 3 is 2.57 bits per heavy atom. The second-order valence-corrected chi connectivity index (χ2v) is 4.66. The number of amides is 1. The van der Waals surface area contributed by atoms with Crippen molar-refractivity contribution in [3.05, 3.63) is 24.0 Å². The van der Waals surface area contributed by atoms with Crippen LogP contribution in [0.4, 0.5) is 10.1 Å². The van der Waals surface area contributed by atoms with E-state index in [9.17, 15) is 17.6 Å². The standard InChI is InChI=1S/C8H8FNO3S/c1-14(12,13)8-3-2-6(9)4-7(8)10-5-11/h2-5H,1H3,(H,10,11). The zero-order valence-corrected chi connectivity index (χ0v) is 8.14. The highest BCUT2D eigenvalue weighted by Crippen LogP contribution is 2.21. The number of rotatable bonds is 3. The molecule has 0 unspecified atom stereocenters. The maximum absolute atomic E-state index is 12.7. The zero-order valence-electron chi connectivity index (χ0n) is 7.32. The number of sulfone groups is 1. The largest absolute Gasteiger partial charge is 0.327 e. The van der Waals surface area contributed by atoms with Crippen LogP contribution >= 0.6 is 0 Å². The Morgan fingerprint density at radius 1 is 1.43 bits per heavy atom. The Bertz CT molecular complexity index is 456. The van der Waals surface area contributed by atoms with Crippen molar-refractivity contribution >= 4 is 21.9 Å². The van der Waals surface area contributed by atoms with Crippen molar-refractivity contribution in [1.29, 1.82) is 0 Å². The molecule has 0 bridgehead atoms. The Balaban J connectivity index is 3.36. The summed E-state index contributed by atoms with van der Waals surface area (Å²) in [6.45, 7) is 0. The van der Waals surface area contributed by atoms with Gasteiger partial charge in [0.2, 0.25) is 6.41 Å². The summed E-state index contributed by atoms with van der Waals surface area (Å²) >= 11 is 0. The van der Waals surface area contributed by atoms with Gasteiger partial charge in [0.25, 0.3) is 0 Å². The topological polar surface area (TPSA) is 63.2 Å². The average molecular weight is 217 g/mol. The number of hydrogen-bond donors (Lipinski definition) is 1. The summed E-state index contributed by atoms with van der Waals surface area (Å²) in [6, 6.07) is 3.08. The molecule has 0 aromatic heterocycles. The molecule has 0 atom stereocenters. The third kappa shape index (κ3) is 2.29. The van der Waals surface area contributed by atoms with Gasteiger partial charge in [-0.3, -0.25) is 4.79 Å². The van der Waals surface area contributed by atoms with Gasteiger partial charge in [-0.1, -0.05) is 0 Å². The van der Waals surface area contributed by atoms with Crippen molar-refractivity contribution in [2.24, 2.45) is 0 Å². The highest BCUT2D eigenvalue weighted by Gasteiger charge is 2.13. The van der Waals surface area contributed by atoms with Gasteiger partial charge in [0.05, 0.1) is 10.6 Å². The molecule has 1 aromatic carbocycles. The summed E-state index contributed by atoms with van der Waals surface area (Å²) in [7, 11) is -3.46. The highest BCUT2D eigenvalue weighted by molar-refractivity contribution is 7.90. The molecule has 1 amide bonds. The molecule has 1 aromatic rings. The summed E-state index contributed by atoms with van der Waals surface area (Å²) < 4.78 is 35.0. The van der Waals surface area contributed by atoms with E-state index in [1.54, 1.807) is 0 Å². The molecule has 6 heteroatoms. The fourth-order valence-corrected chi connectivity index (χ4v) is 1.83. The van der Waals surface area contributed by atoms with Crippen LogP contribution in [-0.2, 0) is 14.6 Å². The van der Waals surface area contributed by atoms with Crippen molar-refractivity contribution in [1.82, 2.24) is 0 Å². The molecular weight excluding hydrogens is 209 g/mol. The molecule has 0 fully saturated rings. The van der Waals surface area contributed by atoms with E-state index >= 15 is 0 Å². The Morgan fingerprint density at radius 2 is 2.07 bits per heavy atom. The van der Waals surface area contributed by atoms with Gasteiger partial charge in [0.15, 0.2) is 9.84 Å². The van der Waals surface area contributed by atoms with Crippen molar-refractivity contribution in [2.75, 3.05) is 11.6 Å². The fourth-order valence-electron chi connectivity index (χ4n) is 1.00. The first-order valence-electron chi connectivity index (χ1n) is 3.65. The molecule has 0 aliphatic rings. The average Bonchev–Trinajstić information content (AvgIpc) is 2.02. The summed E-state index contributed by atoms with van der Waals surface area (Å²) in [5, 5.41) is 2.12. The molecule has 14 heavy (non-hydrogen) atoms. The third-order valence-corrected chi connectivity index (χ3v) is 2.71. The molecule has 1 N–H and O–H groups in total. The molecule has 0 heterocycles. The SMILES string of the molecule is CS(=O)(=O)c1ccc(F)cc1NC=O. The molecular formula is C8H8FNO3S. The van der Waals surface area contributed by atoms with Crippen LogP contribution in [0.1, 0.15) is 0 Å². The van der Waals surface area contributed by atoms with Crippen molar-refractivity contribution in [3.63, 3.8) is 0 Å². The lowest BCUT2D eigenvalue weighted by Crippen LogP contribution is -2.04. The summed E-state index contributed by atoms with van der Waals surface area (Å²) in [4.78, 5) is 10.0. The van der Waals surface area contributed by atoms with Gasteiger partial charge in [-0.15, -0.1) is 0 Å². The number of nitrogens with one attached hydrogen (secondary N) is 1. The number of anilines is 1. The van der Waals surface area contributed by atoms with Gasteiger partial charge >= 0.3 is 0 Å². The third-order valence-electron chi connectivity index (χ3n) is 1.56. The van der Waals surface area contributed by atoms with Crippen LogP contribution in [0.5, 0.6) is 0 Å². The van der Waals surface area contributed by atoms with Crippen LogP contribution in [0.15, 0.2) is 23.1 Å². The molecule has 0 radical (unpaired) electrons. The molecule has 0 saturated heterocycles. The quantitative estimate of drug-likeness (QED) is 0.601. The summed E-state index contributed by atoms with van der Waals surface area (Å²) in [6.07, 6.45) is 1.28. The molecule has 76 valence electrons. The van der Waals surface area contributed by atoms with E-state index in [1.165, 1.54) is 0 Å². The lowest BCUT2D eigenvalue weighted by atomic mass is 10.3. The van der Waals surface area contributed by atoms with Gasteiger partial charge in [-0.05, 0) is 18.2 Å². The lowest BCUT2D eigenvalue weighted by molar-refractivity contribution is -0.105. The predicted octanol–water partition coefficient (Wildman–Crippen LogP) is 0.798. The predicted molar refractivity (Wildman–Crippen MR) is 49.2 cm³/mol. The lowest BCUT2D eigenvalue weighted by Gasteiger charge is -2.05. The van der Waals surface area contributed by atoms with E-state index < -0.39 is 15.7 Å². The maximum atomic E-state index is 12.7. The number of benzene rings is 1. The molecule has 1 rings (SSSR count). The van der Waals surface area contributed by atoms with Crippen LogP contribution in [0.2, 0.25) is 0 Å². The second-order valence-electron chi connectivity index (χ2n) is 2.67. The molecule has 4 nitrogen and oxygen atoms in total. The van der Waals surface area contributed by atoms with Crippen LogP contribution in [-0.4, -0.2) is 21.1 Å². The van der Waals surface area contributed by atoms with E-state index in [1.807, 2.05) is 0 Å². The zero-order chi connectivity index (χ0) is 10.8. The number of halogens is 1. The van der Waals surface area contributed by atoms with Gasteiger partial charge in [0.1, 0.15) is 5.82 Å². The van der Waals surface area contributed by atoms with E-state index in [4.69, 9.17) is 0 Å². The second kappa shape index (κ2) is 3.75. The van der Waals surface area contributed by atoms with E-state index in [2.05, 4.69) is 5.32 Å². The van der Waals surface area contributed by atoms with E-state index in [0.717, 1.165) is 24.5 Å². The smallest absolute Gasteiger partial charge is 0.211 e. The normalized spacial score (nSPS) is 11.0. The summed E-state index contributed by atoms with van der Waals surface area (Å²) in [5.74, 6) is -0.609. The van der Waals surface area contributed by atoms with Gasteiger partial charge in [-0.2, -0.15) is 0 Å². The van der Waals surface area contributed by atoms with Crippen LogP contribution in [0.3, 0.4) is 0 Å². The van der Waals surface area contributed by atoms with Crippen molar-refractivity contribution < 1.29 is 17.6 Å². The minimum absolute atomic E-state index is 0.0532. The minimum Gasteiger partial charge on any atom is -0.327 e. The number of carbonyl (C=O) groups excluding carboxylic acids is 1. The van der Waals surface area contributed by atoms with Gasteiger partial charge in [-0.25, -0.2) is 12.8 Å². The molecule has 0 saturated carbocycles. The minimum atomic E-state index is -3.46. The first-order valence-corrected chi connectivity index (χ1v) is 5.54.